The lowest BCUT2D eigenvalue weighted by Gasteiger charge is -2.58. The summed E-state index contributed by atoms with van der Waals surface area (Å²) in [4.78, 5) is 28.7. The van der Waals surface area contributed by atoms with E-state index in [1.54, 1.807) is 9.80 Å². The largest absolute Gasteiger partial charge is 0.394 e. The summed E-state index contributed by atoms with van der Waals surface area (Å²) >= 11 is 0. The average molecular weight is 360 g/mol. The molecular weight excluding hydrogens is 332 g/mol. The number of rotatable bonds is 4. The number of carbonyl (C=O) groups excluding carboxylic acids is 2. The molecule has 0 radical (unpaired) electrons. The van der Waals surface area contributed by atoms with E-state index in [0.717, 1.165) is 17.7 Å². The zero-order valence-corrected chi connectivity index (χ0v) is 15.6. The normalized spacial score (nSPS) is 23.8. The first-order valence-corrected chi connectivity index (χ1v) is 9.33. The zero-order chi connectivity index (χ0) is 18.8. The van der Waals surface area contributed by atoms with Gasteiger partial charge in [0.15, 0.2) is 0 Å². The highest BCUT2D eigenvalue weighted by Gasteiger charge is 2.55. The molecule has 142 valence electrons. The number of hydrogen-bond acceptors (Lipinski definition) is 3. The van der Waals surface area contributed by atoms with Gasteiger partial charge in [-0.05, 0) is 31.9 Å². The number of aliphatic hydroxyl groups excluding tert-OH is 1. The minimum absolute atomic E-state index is 0.0146. The van der Waals surface area contributed by atoms with Crippen molar-refractivity contribution in [2.24, 2.45) is 0 Å². The maximum atomic E-state index is 12.6. The predicted molar refractivity (Wildman–Crippen MR) is 100 cm³/mol. The third kappa shape index (κ3) is 3.11. The van der Waals surface area contributed by atoms with Crippen LogP contribution in [0.4, 0.5) is 15.3 Å². The number of nitrogens with one attached hydrogen (secondary N) is 2. The highest BCUT2D eigenvalue weighted by Crippen LogP contribution is 2.48. The van der Waals surface area contributed by atoms with E-state index < -0.39 is 0 Å². The lowest BCUT2D eigenvalue weighted by molar-refractivity contribution is -0.00753. The van der Waals surface area contributed by atoms with E-state index in [1.807, 2.05) is 45.0 Å². The molecule has 3 N–H and O–H groups in total. The van der Waals surface area contributed by atoms with Gasteiger partial charge in [-0.1, -0.05) is 25.1 Å². The second-order valence-corrected chi connectivity index (χ2v) is 7.26. The van der Waals surface area contributed by atoms with Crippen LogP contribution in [0, 0.1) is 0 Å². The Hall–Kier alpha value is -2.28. The topological polar surface area (TPSA) is 84.9 Å². The van der Waals surface area contributed by atoms with E-state index in [1.165, 1.54) is 0 Å². The Balaban J connectivity index is 1.90. The second kappa shape index (κ2) is 7.53. The first-order chi connectivity index (χ1) is 12.5. The Morgan fingerprint density at radius 2 is 2.00 bits per heavy atom. The SMILES string of the molecule is CCCNC(=O)N1C[C@H]2[C@@H](c3ccccc31)[C@@H](CO)N2C(=O)NC(C)C. The third-order valence-corrected chi connectivity index (χ3v) is 5.11. The van der Waals surface area contributed by atoms with Gasteiger partial charge in [-0.3, -0.25) is 4.90 Å². The van der Waals surface area contributed by atoms with Crippen LogP contribution in [0.5, 0.6) is 0 Å². The van der Waals surface area contributed by atoms with E-state index in [2.05, 4.69) is 10.6 Å². The maximum Gasteiger partial charge on any atom is 0.321 e. The number of benzene rings is 1. The van der Waals surface area contributed by atoms with Gasteiger partial charge in [0.1, 0.15) is 0 Å². The van der Waals surface area contributed by atoms with Crippen LogP contribution in [-0.4, -0.2) is 59.9 Å². The molecule has 1 aromatic carbocycles. The van der Waals surface area contributed by atoms with Crippen molar-refractivity contribution in [3.8, 4) is 0 Å². The standard InChI is InChI=1S/C19H28N4O3/c1-4-9-20-18(25)22-10-15-17(13-7-5-6-8-14(13)22)16(11-24)23(15)19(26)21-12(2)3/h5-8,12,15-17,24H,4,9-11H2,1-3H3,(H,20,25)(H,21,26)/t15-,16+,17+/m0/s1. The zero-order valence-electron chi connectivity index (χ0n) is 15.6. The number of aliphatic hydroxyl groups is 1. The summed E-state index contributed by atoms with van der Waals surface area (Å²) in [6, 6.07) is 7.07. The summed E-state index contributed by atoms with van der Waals surface area (Å²) in [5.41, 5.74) is 1.88. The molecule has 2 aliphatic heterocycles. The lowest BCUT2D eigenvalue weighted by atomic mass is 9.72. The third-order valence-electron chi connectivity index (χ3n) is 5.11. The molecule has 0 aliphatic carbocycles. The van der Waals surface area contributed by atoms with Crippen molar-refractivity contribution in [1.29, 1.82) is 0 Å². The Labute approximate surface area is 154 Å². The lowest BCUT2D eigenvalue weighted by Crippen LogP contribution is -2.72. The number of carbonyl (C=O) groups is 2. The number of anilines is 1. The van der Waals surface area contributed by atoms with Crippen LogP contribution < -0.4 is 15.5 Å². The summed E-state index contributed by atoms with van der Waals surface area (Å²) in [5.74, 6) is 0.0457. The average Bonchev–Trinajstić information content (AvgIpc) is 2.59. The minimum Gasteiger partial charge on any atom is -0.394 e. The van der Waals surface area contributed by atoms with E-state index in [-0.39, 0.29) is 42.7 Å². The van der Waals surface area contributed by atoms with Crippen molar-refractivity contribution in [3.05, 3.63) is 29.8 Å². The first kappa shape index (κ1) is 18.5. The molecule has 0 bridgehead atoms. The van der Waals surface area contributed by atoms with Crippen LogP contribution in [0.1, 0.15) is 38.7 Å². The highest BCUT2D eigenvalue weighted by atomic mass is 16.3. The molecule has 3 atom stereocenters. The molecular formula is C19H28N4O3. The Bertz CT molecular complexity index is 679. The number of nitrogens with zero attached hydrogens (tertiary/aromatic N) is 2. The van der Waals surface area contributed by atoms with Crippen LogP contribution in [0.3, 0.4) is 0 Å². The molecule has 4 amide bonds. The van der Waals surface area contributed by atoms with Crippen molar-refractivity contribution in [2.45, 2.75) is 51.2 Å². The van der Waals surface area contributed by atoms with Gasteiger partial charge in [0.05, 0.1) is 18.7 Å². The van der Waals surface area contributed by atoms with Crippen molar-refractivity contribution in [1.82, 2.24) is 15.5 Å². The molecule has 0 spiro atoms. The van der Waals surface area contributed by atoms with Crippen LogP contribution >= 0.6 is 0 Å². The Kier molecular flexibility index (Phi) is 5.36. The molecule has 7 nitrogen and oxygen atoms in total. The van der Waals surface area contributed by atoms with Gasteiger partial charge in [-0.2, -0.15) is 0 Å². The van der Waals surface area contributed by atoms with Gasteiger partial charge in [0, 0.05) is 30.7 Å². The summed E-state index contributed by atoms with van der Waals surface area (Å²) in [7, 11) is 0. The summed E-state index contributed by atoms with van der Waals surface area (Å²) in [6.07, 6.45) is 0.864. The molecule has 1 saturated heterocycles. The molecule has 0 saturated carbocycles. The molecule has 0 unspecified atom stereocenters. The van der Waals surface area contributed by atoms with Crippen LogP contribution in [0.2, 0.25) is 0 Å². The smallest absolute Gasteiger partial charge is 0.321 e. The number of hydrogen-bond donors (Lipinski definition) is 3. The monoisotopic (exact) mass is 360 g/mol. The maximum absolute atomic E-state index is 12.6. The first-order valence-electron chi connectivity index (χ1n) is 9.33. The molecule has 2 aliphatic rings. The highest BCUT2D eigenvalue weighted by molar-refractivity contribution is 5.94. The van der Waals surface area contributed by atoms with Crippen LogP contribution in [0.15, 0.2) is 24.3 Å². The summed E-state index contributed by atoms with van der Waals surface area (Å²) in [5, 5.41) is 15.7. The number of fused-ring (bicyclic) bond motifs is 3. The van der Waals surface area contributed by atoms with E-state index in [0.29, 0.717) is 13.1 Å². The molecule has 7 heteroatoms. The van der Waals surface area contributed by atoms with Gasteiger partial charge in [-0.15, -0.1) is 0 Å². The summed E-state index contributed by atoms with van der Waals surface area (Å²) in [6.45, 7) is 6.77. The molecule has 26 heavy (non-hydrogen) atoms. The van der Waals surface area contributed by atoms with E-state index in [9.17, 15) is 14.7 Å². The minimum atomic E-state index is -0.263. The van der Waals surface area contributed by atoms with Gasteiger partial charge in [0.2, 0.25) is 0 Å². The Morgan fingerprint density at radius 1 is 1.27 bits per heavy atom. The van der Waals surface area contributed by atoms with Gasteiger partial charge < -0.3 is 20.6 Å². The van der Waals surface area contributed by atoms with Gasteiger partial charge in [0.25, 0.3) is 0 Å². The molecule has 1 fully saturated rings. The molecule has 1 aromatic rings. The molecule has 0 aromatic heterocycles. The van der Waals surface area contributed by atoms with Crippen LogP contribution in [0.25, 0.3) is 0 Å². The Morgan fingerprint density at radius 3 is 2.65 bits per heavy atom. The molecule has 2 heterocycles. The number of urea groups is 2. The van der Waals surface area contributed by atoms with Crippen molar-refractivity contribution >= 4 is 17.7 Å². The van der Waals surface area contributed by atoms with E-state index in [4.69, 9.17) is 0 Å². The fourth-order valence-electron chi connectivity index (χ4n) is 4.01. The number of likely N-dealkylation sites (tertiary alicyclic amines) is 1. The van der Waals surface area contributed by atoms with E-state index >= 15 is 0 Å². The fraction of sp³-hybridized carbons (Fsp3) is 0.579. The van der Waals surface area contributed by atoms with Gasteiger partial charge in [-0.25, -0.2) is 9.59 Å². The fourth-order valence-corrected chi connectivity index (χ4v) is 4.01. The second-order valence-electron chi connectivity index (χ2n) is 7.26. The predicted octanol–water partition coefficient (Wildman–Crippen LogP) is 1.87. The quantitative estimate of drug-likeness (QED) is 0.766. The van der Waals surface area contributed by atoms with Crippen molar-refractivity contribution in [3.63, 3.8) is 0 Å². The van der Waals surface area contributed by atoms with Gasteiger partial charge >= 0.3 is 12.1 Å². The van der Waals surface area contributed by atoms with Crippen molar-refractivity contribution in [2.75, 3.05) is 24.6 Å². The van der Waals surface area contributed by atoms with Crippen molar-refractivity contribution < 1.29 is 14.7 Å². The van der Waals surface area contributed by atoms with Crippen LogP contribution in [-0.2, 0) is 0 Å². The number of para-hydroxylation sites is 1. The number of amides is 4. The summed E-state index contributed by atoms with van der Waals surface area (Å²) < 4.78 is 0. The molecule has 3 rings (SSSR count).